The third kappa shape index (κ3) is 5.56. The fourth-order valence-corrected chi connectivity index (χ4v) is 4.97. The molecule has 1 saturated carbocycles. The van der Waals surface area contributed by atoms with Crippen molar-refractivity contribution in [1.82, 2.24) is 0 Å². The molecule has 1 heterocycles. The minimum absolute atomic E-state index is 0.00764. The second kappa shape index (κ2) is 10.3. The zero-order valence-corrected chi connectivity index (χ0v) is 19.0. The number of nitro groups is 1. The van der Waals surface area contributed by atoms with Gasteiger partial charge in [-0.05, 0) is 55.6 Å². The lowest BCUT2D eigenvalue weighted by molar-refractivity contribution is -0.383. The predicted molar refractivity (Wildman–Crippen MR) is 121 cm³/mol. The Morgan fingerprint density at radius 1 is 1.31 bits per heavy atom. The topological polar surface area (TPSA) is 122 Å². The quantitative estimate of drug-likeness (QED) is 0.455. The first kappa shape index (κ1) is 24.0. The second-order valence-corrected chi connectivity index (χ2v) is 9.37. The Morgan fingerprint density at radius 2 is 2.06 bits per heavy atom. The van der Waals surface area contributed by atoms with E-state index in [0.717, 1.165) is 25.7 Å². The molecule has 32 heavy (non-hydrogen) atoms. The van der Waals surface area contributed by atoms with Gasteiger partial charge in [0.2, 0.25) is 0 Å². The van der Waals surface area contributed by atoms with E-state index in [1.807, 2.05) is 0 Å². The zero-order chi connectivity index (χ0) is 23.4. The molecule has 0 bridgehead atoms. The number of nitro benzene ring substituents is 1. The van der Waals surface area contributed by atoms with Gasteiger partial charge in [0.1, 0.15) is 18.3 Å². The normalized spacial score (nSPS) is 25.7. The number of nitrogens with zero attached hydrogens (tertiary/aromatic N) is 2. The first-order chi connectivity index (χ1) is 15.2. The monoisotopic (exact) mass is 447 g/mol. The van der Waals surface area contributed by atoms with Crippen molar-refractivity contribution in [2.45, 2.75) is 65.0 Å². The summed E-state index contributed by atoms with van der Waals surface area (Å²) in [4.78, 5) is 36.8. The summed E-state index contributed by atoms with van der Waals surface area (Å²) in [5, 5.41) is 23.5. The summed E-state index contributed by atoms with van der Waals surface area (Å²) in [7, 11) is 0. The maximum Gasteiger partial charge on any atom is 0.326 e. The van der Waals surface area contributed by atoms with Crippen LogP contribution >= 0.6 is 0 Å². The Bertz CT molecular complexity index is 858. The molecule has 0 spiro atoms. The highest BCUT2D eigenvalue weighted by atomic mass is 16.6. The first-order valence-corrected chi connectivity index (χ1v) is 11.4. The number of rotatable bonds is 8. The Kier molecular flexibility index (Phi) is 7.71. The molecule has 1 saturated heterocycles. The van der Waals surface area contributed by atoms with Crippen LogP contribution in [0.15, 0.2) is 18.2 Å². The smallest absolute Gasteiger partial charge is 0.326 e. The molecular weight excluding hydrogens is 414 g/mol. The Balaban J connectivity index is 1.71. The molecule has 4 atom stereocenters. The number of benzene rings is 1. The SMILES string of the molecule is CC(C)[C@@H]1CC[C@@H](C)C[C@H]1OCC(=O)Nc1cc(N2CCCC2C(=O)O)ccc1[N+](=O)[O-]. The van der Waals surface area contributed by atoms with E-state index in [-0.39, 0.29) is 24.1 Å². The molecule has 1 unspecified atom stereocenters. The molecule has 1 aliphatic heterocycles. The van der Waals surface area contributed by atoms with Crippen molar-refractivity contribution >= 4 is 28.9 Å². The fourth-order valence-electron chi connectivity index (χ4n) is 4.97. The molecular formula is C23H33N3O6. The molecule has 2 N–H and O–H groups in total. The number of carbonyl (C=O) groups excluding carboxylic acids is 1. The van der Waals surface area contributed by atoms with Gasteiger partial charge >= 0.3 is 5.97 Å². The van der Waals surface area contributed by atoms with Crippen LogP contribution in [0.25, 0.3) is 0 Å². The van der Waals surface area contributed by atoms with Crippen LogP contribution < -0.4 is 10.2 Å². The van der Waals surface area contributed by atoms with E-state index in [1.165, 1.54) is 18.2 Å². The van der Waals surface area contributed by atoms with E-state index in [4.69, 9.17) is 4.74 Å². The molecule has 2 aliphatic rings. The number of carboxylic acids is 1. The maximum absolute atomic E-state index is 12.6. The predicted octanol–water partition coefficient (Wildman–Crippen LogP) is 4.06. The van der Waals surface area contributed by atoms with Crippen molar-refractivity contribution in [3.63, 3.8) is 0 Å². The van der Waals surface area contributed by atoms with E-state index in [0.29, 0.717) is 36.4 Å². The van der Waals surface area contributed by atoms with Gasteiger partial charge in [0.15, 0.2) is 0 Å². The fraction of sp³-hybridized carbons (Fsp3) is 0.652. The minimum Gasteiger partial charge on any atom is -0.480 e. The standard InChI is InChI=1S/C23H33N3O6/c1-14(2)17-8-6-15(3)11-21(17)32-13-22(27)24-18-12-16(7-9-19(18)26(30)31)25-10-4-5-20(25)23(28)29/h7,9,12,14-15,17,20-21H,4-6,8,10-11,13H2,1-3H3,(H,24,27)(H,28,29)/t15-,17+,20?,21-/m1/s1. The first-order valence-electron chi connectivity index (χ1n) is 11.4. The summed E-state index contributed by atoms with van der Waals surface area (Å²) in [5.41, 5.74) is 0.353. The number of hydrogen-bond acceptors (Lipinski definition) is 6. The number of aliphatic carboxylic acids is 1. The molecule has 1 aromatic carbocycles. The summed E-state index contributed by atoms with van der Waals surface area (Å²) in [5.74, 6) is -0.00216. The summed E-state index contributed by atoms with van der Waals surface area (Å²) in [6.45, 7) is 6.87. The number of carboxylic acid groups (broad SMARTS) is 1. The number of carbonyl (C=O) groups is 2. The van der Waals surface area contributed by atoms with Crippen molar-refractivity contribution in [3.05, 3.63) is 28.3 Å². The lowest BCUT2D eigenvalue weighted by atomic mass is 9.75. The molecule has 9 heteroatoms. The van der Waals surface area contributed by atoms with Gasteiger partial charge in [-0.3, -0.25) is 14.9 Å². The summed E-state index contributed by atoms with van der Waals surface area (Å²) in [6, 6.07) is 3.64. The molecule has 0 aromatic heterocycles. The largest absolute Gasteiger partial charge is 0.480 e. The average molecular weight is 448 g/mol. The van der Waals surface area contributed by atoms with Crippen LogP contribution in [0.3, 0.4) is 0 Å². The van der Waals surface area contributed by atoms with Gasteiger partial charge in [-0.2, -0.15) is 0 Å². The van der Waals surface area contributed by atoms with Crippen LogP contribution in [0.5, 0.6) is 0 Å². The summed E-state index contributed by atoms with van der Waals surface area (Å²) >= 11 is 0. The Hall–Kier alpha value is -2.68. The van der Waals surface area contributed by atoms with E-state index in [1.54, 1.807) is 4.90 Å². The molecule has 1 amide bonds. The highest BCUT2D eigenvalue weighted by molar-refractivity contribution is 5.95. The number of nitrogens with one attached hydrogen (secondary N) is 1. The van der Waals surface area contributed by atoms with Crippen LogP contribution in [-0.2, 0) is 14.3 Å². The van der Waals surface area contributed by atoms with Gasteiger partial charge in [-0.25, -0.2) is 4.79 Å². The second-order valence-electron chi connectivity index (χ2n) is 9.37. The molecule has 0 radical (unpaired) electrons. The maximum atomic E-state index is 12.6. The van der Waals surface area contributed by atoms with E-state index in [9.17, 15) is 24.8 Å². The van der Waals surface area contributed by atoms with Gasteiger partial charge in [0.05, 0.1) is 11.0 Å². The van der Waals surface area contributed by atoms with Crippen molar-refractivity contribution in [1.29, 1.82) is 0 Å². The van der Waals surface area contributed by atoms with Gasteiger partial charge in [0, 0.05) is 18.3 Å². The van der Waals surface area contributed by atoms with Gasteiger partial charge in [0.25, 0.3) is 11.6 Å². The number of hydrogen-bond donors (Lipinski definition) is 2. The highest BCUT2D eigenvalue weighted by Crippen LogP contribution is 2.36. The van der Waals surface area contributed by atoms with Crippen molar-refractivity contribution in [2.75, 3.05) is 23.4 Å². The number of anilines is 2. The van der Waals surface area contributed by atoms with Crippen LogP contribution in [0, 0.1) is 27.9 Å². The lowest BCUT2D eigenvalue weighted by Gasteiger charge is -2.37. The van der Waals surface area contributed by atoms with Crippen molar-refractivity contribution in [3.8, 4) is 0 Å². The molecule has 1 aromatic rings. The van der Waals surface area contributed by atoms with E-state index < -0.39 is 22.8 Å². The van der Waals surface area contributed by atoms with Gasteiger partial charge in [-0.1, -0.05) is 27.2 Å². The van der Waals surface area contributed by atoms with E-state index in [2.05, 4.69) is 26.1 Å². The number of ether oxygens (including phenoxy) is 1. The molecule has 3 rings (SSSR count). The van der Waals surface area contributed by atoms with Crippen LogP contribution in [0.1, 0.15) is 52.9 Å². The summed E-state index contributed by atoms with van der Waals surface area (Å²) in [6.07, 6.45) is 4.35. The van der Waals surface area contributed by atoms with Crippen molar-refractivity contribution in [2.24, 2.45) is 17.8 Å². The van der Waals surface area contributed by atoms with Gasteiger partial charge in [-0.15, -0.1) is 0 Å². The van der Waals surface area contributed by atoms with Crippen molar-refractivity contribution < 1.29 is 24.4 Å². The lowest BCUT2D eigenvalue weighted by Crippen LogP contribution is -2.36. The molecule has 2 fully saturated rings. The third-order valence-electron chi connectivity index (χ3n) is 6.71. The van der Waals surface area contributed by atoms with Crippen LogP contribution in [0.4, 0.5) is 17.1 Å². The van der Waals surface area contributed by atoms with Gasteiger partial charge < -0.3 is 20.1 Å². The summed E-state index contributed by atoms with van der Waals surface area (Å²) < 4.78 is 5.97. The molecule has 9 nitrogen and oxygen atoms in total. The number of amides is 1. The Morgan fingerprint density at radius 3 is 2.72 bits per heavy atom. The van der Waals surface area contributed by atoms with E-state index >= 15 is 0 Å². The third-order valence-corrected chi connectivity index (χ3v) is 6.71. The average Bonchev–Trinajstić information content (AvgIpc) is 3.22. The highest BCUT2D eigenvalue weighted by Gasteiger charge is 2.33. The minimum atomic E-state index is -0.929. The Labute approximate surface area is 188 Å². The zero-order valence-electron chi connectivity index (χ0n) is 19.0. The van der Waals surface area contributed by atoms with Crippen LogP contribution in [-0.4, -0.2) is 47.2 Å². The molecule has 1 aliphatic carbocycles. The van der Waals surface area contributed by atoms with Crippen LogP contribution in [0.2, 0.25) is 0 Å². The molecule has 176 valence electrons.